The number of carboxylic acid groups (broad SMARTS) is 1. The number of carbonyl (C=O) groups excluding carboxylic acids is 1. The van der Waals surface area contributed by atoms with Gasteiger partial charge in [-0.2, -0.15) is 0 Å². The molecule has 1 atom stereocenters. The number of hydrogen-bond donors (Lipinski definition) is 4. The van der Waals surface area contributed by atoms with Crippen LogP contribution in [0.1, 0.15) is 21.9 Å². The Balaban J connectivity index is 1.96. The van der Waals surface area contributed by atoms with Crippen LogP contribution in [0.25, 0.3) is 0 Å². The molecular formula is C11H11N5O4. The third-order valence-electron chi connectivity index (χ3n) is 3.27. The molecule has 20 heavy (non-hydrogen) atoms. The predicted molar refractivity (Wildman–Crippen MR) is 65.0 cm³/mol. The first-order valence-corrected chi connectivity index (χ1v) is 5.89. The molecule has 0 spiro atoms. The van der Waals surface area contributed by atoms with Gasteiger partial charge in [0.1, 0.15) is 11.7 Å². The molecular weight excluding hydrogens is 266 g/mol. The van der Waals surface area contributed by atoms with E-state index in [1.807, 2.05) is 0 Å². The Morgan fingerprint density at radius 3 is 2.85 bits per heavy atom. The van der Waals surface area contributed by atoms with E-state index in [4.69, 9.17) is 0 Å². The third-order valence-corrected chi connectivity index (χ3v) is 3.27. The molecule has 0 saturated carbocycles. The number of hydrogen-bond acceptors (Lipinski definition) is 4. The molecule has 104 valence electrons. The van der Waals surface area contributed by atoms with Gasteiger partial charge in [0.15, 0.2) is 0 Å². The zero-order chi connectivity index (χ0) is 14.3. The van der Waals surface area contributed by atoms with Crippen molar-refractivity contribution in [3.8, 4) is 0 Å². The molecule has 1 aliphatic heterocycles. The van der Waals surface area contributed by atoms with Crippen molar-refractivity contribution in [2.24, 2.45) is 0 Å². The quantitative estimate of drug-likeness (QED) is 0.563. The van der Waals surface area contributed by atoms with Crippen LogP contribution in [0.15, 0.2) is 17.3 Å². The van der Waals surface area contributed by atoms with Crippen LogP contribution in [0.3, 0.4) is 0 Å². The summed E-state index contributed by atoms with van der Waals surface area (Å²) in [6, 6.07) is -1.00. The number of rotatable bonds is 2. The molecule has 0 radical (unpaired) electrons. The normalized spacial score (nSPS) is 17.8. The maximum Gasteiger partial charge on any atom is 0.326 e. The molecule has 1 aliphatic rings. The maximum atomic E-state index is 12.3. The highest BCUT2D eigenvalue weighted by molar-refractivity contribution is 5.95. The van der Waals surface area contributed by atoms with E-state index in [1.165, 1.54) is 17.4 Å². The molecule has 0 fully saturated rings. The number of aromatic amines is 3. The van der Waals surface area contributed by atoms with Gasteiger partial charge in [-0.05, 0) is 0 Å². The Bertz CT molecular complexity index is 727. The number of aliphatic carboxylic acids is 1. The summed E-state index contributed by atoms with van der Waals surface area (Å²) in [5.41, 5.74) is 0.862. The van der Waals surface area contributed by atoms with Crippen molar-refractivity contribution in [3.63, 3.8) is 0 Å². The second kappa shape index (κ2) is 4.37. The SMILES string of the molecule is O=C(O)C1Cc2nc[nH]c2CN1C(=O)c1c[nH]c(=O)[nH]1. The summed E-state index contributed by atoms with van der Waals surface area (Å²) < 4.78 is 0. The average molecular weight is 277 g/mol. The Morgan fingerprint density at radius 2 is 2.20 bits per heavy atom. The predicted octanol–water partition coefficient (Wildman–Crippen LogP) is -0.922. The van der Waals surface area contributed by atoms with Gasteiger partial charge in [-0.1, -0.05) is 0 Å². The molecule has 9 nitrogen and oxygen atoms in total. The Kier molecular flexibility index (Phi) is 2.67. The van der Waals surface area contributed by atoms with E-state index < -0.39 is 23.6 Å². The fourth-order valence-corrected chi connectivity index (χ4v) is 2.27. The van der Waals surface area contributed by atoms with E-state index in [0.29, 0.717) is 11.4 Å². The number of aromatic nitrogens is 4. The fourth-order valence-electron chi connectivity index (χ4n) is 2.27. The zero-order valence-corrected chi connectivity index (χ0v) is 10.2. The van der Waals surface area contributed by atoms with Crippen LogP contribution < -0.4 is 5.69 Å². The second-order valence-corrected chi connectivity index (χ2v) is 4.48. The van der Waals surface area contributed by atoms with Gasteiger partial charge in [0.05, 0.1) is 24.3 Å². The monoisotopic (exact) mass is 277 g/mol. The van der Waals surface area contributed by atoms with Crippen LogP contribution in [0.2, 0.25) is 0 Å². The fraction of sp³-hybridized carbons (Fsp3) is 0.273. The lowest BCUT2D eigenvalue weighted by Gasteiger charge is -2.31. The molecule has 0 aromatic carbocycles. The van der Waals surface area contributed by atoms with Crippen LogP contribution in [0.5, 0.6) is 0 Å². The largest absolute Gasteiger partial charge is 0.480 e. The number of nitrogens with zero attached hydrogens (tertiary/aromatic N) is 2. The number of carboxylic acids is 1. The van der Waals surface area contributed by atoms with Crippen LogP contribution in [-0.4, -0.2) is 47.9 Å². The zero-order valence-electron chi connectivity index (χ0n) is 10.2. The van der Waals surface area contributed by atoms with E-state index in [9.17, 15) is 19.5 Å². The van der Waals surface area contributed by atoms with Crippen molar-refractivity contribution in [2.75, 3.05) is 0 Å². The minimum Gasteiger partial charge on any atom is -0.480 e. The van der Waals surface area contributed by atoms with Crippen molar-refractivity contribution < 1.29 is 14.7 Å². The molecule has 3 rings (SSSR count). The van der Waals surface area contributed by atoms with Gasteiger partial charge in [0.2, 0.25) is 0 Å². The number of H-pyrrole nitrogens is 3. The average Bonchev–Trinajstić information content (AvgIpc) is 3.04. The molecule has 2 aromatic rings. The molecule has 2 aromatic heterocycles. The third kappa shape index (κ3) is 1.88. The smallest absolute Gasteiger partial charge is 0.326 e. The summed E-state index contributed by atoms with van der Waals surface area (Å²) in [5, 5.41) is 9.26. The maximum absolute atomic E-state index is 12.3. The molecule has 0 bridgehead atoms. The van der Waals surface area contributed by atoms with Crippen molar-refractivity contribution in [1.82, 2.24) is 24.8 Å². The van der Waals surface area contributed by atoms with Gasteiger partial charge in [-0.25, -0.2) is 14.6 Å². The van der Waals surface area contributed by atoms with Gasteiger partial charge in [0.25, 0.3) is 5.91 Å². The first-order chi connectivity index (χ1) is 9.56. The first-order valence-electron chi connectivity index (χ1n) is 5.89. The summed E-state index contributed by atoms with van der Waals surface area (Å²) in [6.45, 7) is 0.109. The van der Waals surface area contributed by atoms with E-state index in [2.05, 4.69) is 19.9 Å². The highest BCUT2D eigenvalue weighted by Gasteiger charge is 2.36. The van der Waals surface area contributed by atoms with Gasteiger partial charge >= 0.3 is 11.7 Å². The molecule has 1 unspecified atom stereocenters. The standard InChI is InChI=1S/C11H11N5O4/c17-9(6-2-12-11(20)15-6)16-3-7-5(13-4-14-7)1-8(16)10(18)19/h2,4,8H,1,3H2,(H,13,14)(H,18,19)(H2,12,15,20). The highest BCUT2D eigenvalue weighted by Crippen LogP contribution is 2.22. The van der Waals surface area contributed by atoms with Gasteiger partial charge < -0.3 is 25.0 Å². The first kappa shape index (κ1) is 12.2. The number of amides is 1. The van der Waals surface area contributed by atoms with E-state index in [0.717, 1.165) is 0 Å². The van der Waals surface area contributed by atoms with Gasteiger partial charge in [0, 0.05) is 12.6 Å². The molecule has 9 heteroatoms. The van der Waals surface area contributed by atoms with E-state index in [1.54, 1.807) is 0 Å². The molecule has 0 aliphatic carbocycles. The number of nitrogens with one attached hydrogen (secondary N) is 3. The molecule has 3 heterocycles. The Labute approximate surface area is 111 Å². The number of carbonyl (C=O) groups is 2. The summed E-state index contributed by atoms with van der Waals surface area (Å²) >= 11 is 0. The summed E-state index contributed by atoms with van der Waals surface area (Å²) in [6.07, 6.45) is 2.83. The molecule has 1 amide bonds. The van der Waals surface area contributed by atoms with Crippen molar-refractivity contribution in [1.29, 1.82) is 0 Å². The Hall–Kier alpha value is -2.84. The lowest BCUT2D eigenvalue weighted by molar-refractivity contribution is -0.142. The van der Waals surface area contributed by atoms with Crippen LogP contribution in [0, 0.1) is 0 Å². The van der Waals surface area contributed by atoms with E-state index in [-0.39, 0.29) is 18.7 Å². The number of fused-ring (bicyclic) bond motifs is 1. The minimum absolute atomic E-state index is 0.0317. The summed E-state index contributed by atoms with van der Waals surface area (Å²) in [7, 11) is 0. The van der Waals surface area contributed by atoms with Crippen LogP contribution in [-0.2, 0) is 17.8 Å². The van der Waals surface area contributed by atoms with E-state index >= 15 is 0 Å². The summed E-state index contributed by atoms with van der Waals surface area (Å²) in [4.78, 5) is 47.4. The second-order valence-electron chi connectivity index (χ2n) is 4.48. The lowest BCUT2D eigenvalue weighted by Crippen LogP contribution is -2.48. The lowest BCUT2D eigenvalue weighted by atomic mass is 10.0. The minimum atomic E-state index is -1.11. The van der Waals surface area contributed by atoms with Crippen molar-refractivity contribution in [3.05, 3.63) is 40.1 Å². The Morgan fingerprint density at radius 1 is 1.40 bits per heavy atom. The number of imidazole rings is 2. The summed E-state index contributed by atoms with van der Waals surface area (Å²) in [5.74, 6) is -1.65. The topological polar surface area (TPSA) is 135 Å². The molecule has 0 saturated heterocycles. The molecule has 4 N–H and O–H groups in total. The van der Waals surface area contributed by atoms with Gasteiger partial charge in [-0.3, -0.25) is 4.79 Å². The van der Waals surface area contributed by atoms with Crippen molar-refractivity contribution >= 4 is 11.9 Å². The highest BCUT2D eigenvalue weighted by atomic mass is 16.4. The van der Waals surface area contributed by atoms with Crippen molar-refractivity contribution in [2.45, 2.75) is 19.0 Å². The van der Waals surface area contributed by atoms with Crippen LogP contribution >= 0.6 is 0 Å². The van der Waals surface area contributed by atoms with Crippen LogP contribution in [0.4, 0.5) is 0 Å². The van der Waals surface area contributed by atoms with Gasteiger partial charge in [-0.15, -0.1) is 0 Å².